The molecular formula is C21H24O5. The van der Waals surface area contributed by atoms with E-state index in [-0.39, 0.29) is 17.4 Å². The van der Waals surface area contributed by atoms with Crippen molar-refractivity contribution < 1.29 is 24.8 Å². The molecule has 5 nitrogen and oxygen atoms in total. The van der Waals surface area contributed by atoms with Crippen molar-refractivity contribution in [1.29, 1.82) is 0 Å². The van der Waals surface area contributed by atoms with E-state index in [1.54, 1.807) is 27.0 Å². The van der Waals surface area contributed by atoms with E-state index in [1.165, 1.54) is 6.07 Å². The second-order valence-corrected chi connectivity index (χ2v) is 7.89. The summed E-state index contributed by atoms with van der Waals surface area (Å²) >= 11 is 0. The summed E-state index contributed by atoms with van der Waals surface area (Å²) in [6.45, 7) is 5.89. The van der Waals surface area contributed by atoms with E-state index in [1.807, 2.05) is 13.0 Å². The largest absolute Gasteiger partial charge is 0.504 e. The summed E-state index contributed by atoms with van der Waals surface area (Å²) < 4.78 is 12.0. The summed E-state index contributed by atoms with van der Waals surface area (Å²) in [7, 11) is 1.64. The molecule has 2 aromatic rings. The van der Waals surface area contributed by atoms with Gasteiger partial charge < -0.3 is 24.8 Å². The van der Waals surface area contributed by atoms with Gasteiger partial charge in [-0.25, -0.2) is 0 Å². The van der Waals surface area contributed by atoms with Crippen molar-refractivity contribution in [1.82, 2.24) is 0 Å². The van der Waals surface area contributed by atoms with Crippen LogP contribution >= 0.6 is 0 Å². The second kappa shape index (κ2) is 5.38. The first-order valence-electron chi connectivity index (χ1n) is 8.78. The Morgan fingerprint density at radius 2 is 1.88 bits per heavy atom. The van der Waals surface area contributed by atoms with Gasteiger partial charge in [0.15, 0.2) is 11.5 Å². The molecule has 0 amide bonds. The summed E-state index contributed by atoms with van der Waals surface area (Å²) in [6, 6.07) is 7.32. The quantitative estimate of drug-likeness (QED) is 0.721. The molecule has 0 saturated heterocycles. The lowest BCUT2D eigenvalue weighted by Gasteiger charge is -2.39. The fraction of sp³-hybridized carbons (Fsp3) is 0.429. The van der Waals surface area contributed by atoms with Gasteiger partial charge in [-0.2, -0.15) is 0 Å². The average molecular weight is 356 g/mol. The van der Waals surface area contributed by atoms with Gasteiger partial charge in [0.1, 0.15) is 11.4 Å². The van der Waals surface area contributed by atoms with Crippen molar-refractivity contribution in [3.8, 4) is 17.2 Å². The Balaban J connectivity index is 2.05. The van der Waals surface area contributed by atoms with Crippen LogP contribution in [-0.4, -0.2) is 28.0 Å². The van der Waals surface area contributed by atoms with Crippen molar-refractivity contribution in [3.63, 3.8) is 0 Å². The Hall–Kier alpha value is -2.24. The molecule has 0 aromatic heterocycles. The maximum Gasteiger partial charge on any atom is 0.161 e. The van der Waals surface area contributed by atoms with Crippen LogP contribution in [0.3, 0.4) is 0 Å². The Kier molecular flexibility index (Phi) is 3.56. The summed E-state index contributed by atoms with van der Waals surface area (Å²) in [4.78, 5) is 0. The molecule has 138 valence electrons. The zero-order valence-corrected chi connectivity index (χ0v) is 15.5. The zero-order valence-electron chi connectivity index (χ0n) is 15.5. The van der Waals surface area contributed by atoms with Gasteiger partial charge >= 0.3 is 0 Å². The normalized spacial score (nSPS) is 24.0. The number of aromatic hydroxyl groups is 2. The highest BCUT2D eigenvalue weighted by Gasteiger charge is 2.58. The minimum Gasteiger partial charge on any atom is -0.504 e. The lowest BCUT2D eigenvalue weighted by atomic mass is 9.73. The van der Waals surface area contributed by atoms with Gasteiger partial charge in [-0.15, -0.1) is 0 Å². The van der Waals surface area contributed by atoms with Gasteiger partial charge in [0.05, 0.1) is 19.3 Å². The van der Waals surface area contributed by atoms with E-state index in [9.17, 15) is 15.3 Å². The number of hydrogen-bond acceptors (Lipinski definition) is 5. The van der Waals surface area contributed by atoms with Crippen LogP contribution in [0.25, 0.3) is 0 Å². The highest BCUT2D eigenvalue weighted by Crippen LogP contribution is 2.60. The van der Waals surface area contributed by atoms with Crippen molar-refractivity contribution in [2.45, 2.75) is 45.0 Å². The minimum absolute atomic E-state index is 0.134. The van der Waals surface area contributed by atoms with Crippen LogP contribution < -0.4 is 4.74 Å². The van der Waals surface area contributed by atoms with Gasteiger partial charge in [0.2, 0.25) is 0 Å². The molecule has 2 aromatic carbocycles. The molecule has 0 fully saturated rings. The van der Waals surface area contributed by atoms with Crippen molar-refractivity contribution in [2.75, 3.05) is 7.11 Å². The molecule has 5 heteroatoms. The lowest BCUT2D eigenvalue weighted by molar-refractivity contribution is -0.112. The van der Waals surface area contributed by atoms with Gasteiger partial charge in [-0.3, -0.25) is 0 Å². The number of phenolic OH excluding ortho intramolecular Hbond substituents is 2. The standard InChI is InChI=1S/C21H24O5/c1-11-7-15-13(17(8-11)25-4)10-26-21(15)14-5-6-16(22)19(23)12(14)9-18(21)20(2,3)24/h5-8,18,22-24H,9-10H2,1-4H3/t18-,21-/m1/s1. The van der Waals surface area contributed by atoms with E-state index in [4.69, 9.17) is 9.47 Å². The Morgan fingerprint density at radius 1 is 1.15 bits per heavy atom. The monoisotopic (exact) mass is 356 g/mol. The first-order chi connectivity index (χ1) is 12.2. The minimum atomic E-state index is -1.06. The van der Waals surface area contributed by atoms with Crippen LogP contribution in [0.4, 0.5) is 0 Å². The Bertz CT molecular complexity index is 896. The smallest absolute Gasteiger partial charge is 0.161 e. The number of rotatable bonds is 2. The molecule has 1 spiro atoms. The fourth-order valence-electron chi connectivity index (χ4n) is 4.68. The maximum absolute atomic E-state index is 10.9. The summed E-state index contributed by atoms with van der Waals surface area (Å²) in [5.41, 5.74) is 2.46. The molecule has 2 aliphatic rings. The molecular weight excluding hydrogens is 332 g/mol. The van der Waals surface area contributed by atoms with Crippen LogP contribution in [0.15, 0.2) is 24.3 Å². The van der Waals surface area contributed by atoms with Crippen molar-refractivity contribution in [3.05, 3.63) is 52.1 Å². The topological polar surface area (TPSA) is 79.2 Å². The molecule has 26 heavy (non-hydrogen) atoms. The number of aliphatic hydroxyl groups is 1. The predicted octanol–water partition coefficient (Wildman–Crippen LogP) is 3.13. The molecule has 0 saturated carbocycles. The summed E-state index contributed by atoms with van der Waals surface area (Å²) in [5.74, 6) is 0.161. The van der Waals surface area contributed by atoms with E-state index < -0.39 is 11.2 Å². The highest BCUT2D eigenvalue weighted by atomic mass is 16.5. The molecule has 3 N–H and O–H groups in total. The number of ether oxygens (including phenoxy) is 2. The van der Waals surface area contributed by atoms with E-state index in [0.717, 1.165) is 28.0 Å². The van der Waals surface area contributed by atoms with E-state index in [2.05, 4.69) is 6.07 Å². The molecule has 0 bridgehead atoms. The number of aryl methyl sites for hydroxylation is 1. The molecule has 0 radical (unpaired) electrons. The van der Waals surface area contributed by atoms with Gasteiger partial charge in [0.25, 0.3) is 0 Å². The second-order valence-electron chi connectivity index (χ2n) is 7.89. The van der Waals surface area contributed by atoms with Crippen LogP contribution in [-0.2, 0) is 23.4 Å². The SMILES string of the molecule is COc1cc(C)cc2c1CO[C@]21c2ccc(O)c(O)c2C[C@@H]1C(C)(C)O. The highest BCUT2D eigenvalue weighted by molar-refractivity contribution is 5.61. The molecule has 2 atom stereocenters. The lowest BCUT2D eigenvalue weighted by Crippen LogP contribution is -2.45. The third-order valence-corrected chi connectivity index (χ3v) is 5.83. The zero-order chi connectivity index (χ0) is 18.9. The van der Waals surface area contributed by atoms with Gasteiger partial charge in [-0.1, -0.05) is 12.1 Å². The average Bonchev–Trinajstić information content (AvgIpc) is 3.11. The number of hydrogen-bond donors (Lipinski definition) is 3. The first kappa shape index (κ1) is 17.2. The Morgan fingerprint density at radius 3 is 2.54 bits per heavy atom. The Labute approximate surface area is 152 Å². The molecule has 0 unspecified atom stereocenters. The first-order valence-corrected chi connectivity index (χ1v) is 8.78. The summed E-state index contributed by atoms with van der Waals surface area (Å²) in [6.07, 6.45) is 0.411. The van der Waals surface area contributed by atoms with Gasteiger partial charge in [0, 0.05) is 17.0 Å². The van der Waals surface area contributed by atoms with Crippen molar-refractivity contribution in [2.24, 2.45) is 5.92 Å². The van der Waals surface area contributed by atoms with E-state index in [0.29, 0.717) is 18.6 Å². The predicted molar refractivity (Wildman–Crippen MR) is 96.6 cm³/mol. The van der Waals surface area contributed by atoms with Crippen molar-refractivity contribution >= 4 is 0 Å². The third kappa shape index (κ3) is 2.10. The fourth-order valence-corrected chi connectivity index (χ4v) is 4.68. The number of phenols is 2. The van der Waals surface area contributed by atoms with Crippen LogP contribution in [0.1, 0.15) is 41.7 Å². The van der Waals surface area contributed by atoms with Gasteiger partial charge in [-0.05, 0) is 56.0 Å². The molecule has 1 aliphatic heterocycles. The number of methoxy groups -OCH3 is 1. The molecule has 1 aliphatic carbocycles. The number of fused-ring (bicyclic) bond motifs is 4. The molecule has 1 heterocycles. The van der Waals surface area contributed by atoms with Crippen LogP contribution in [0.2, 0.25) is 0 Å². The maximum atomic E-state index is 10.9. The summed E-state index contributed by atoms with van der Waals surface area (Å²) in [5, 5.41) is 31.3. The van der Waals surface area contributed by atoms with Crippen LogP contribution in [0, 0.1) is 12.8 Å². The van der Waals surface area contributed by atoms with Crippen LogP contribution in [0.5, 0.6) is 17.2 Å². The van der Waals surface area contributed by atoms with E-state index >= 15 is 0 Å². The third-order valence-electron chi connectivity index (χ3n) is 5.83. The number of benzene rings is 2. The molecule has 4 rings (SSSR count).